The second kappa shape index (κ2) is 4.97. The number of benzene rings is 2. The number of fused-ring (bicyclic) bond motifs is 1. The molecule has 3 atom stereocenters. The van der Waals surface area contributed by atoms with Gasteiger partial charge in [-0.05, 0) is 40.8 Å². The smallest absolute Gasteiger partial charge is 0.0830 e. The molecule has 2 nitrogen and oxygen atoms in total. The molecule has 0 spiro atoms. The minimum absolute atomic E-state index is 0.325. The number of hydrogen-bond donors (Lipinski definition) is 1. The van der Waals surface area contributed by atoms with Gasteiger partial charge in [0.2, 0.25) is 0 Å². The summed E-state index contributed by atoms with van der Waals surface area (Å²) in [5.74, 6) is 0.810. The van der Waals surface area contributed by atoms with Crippen LogP contribution in [0.3, 0.4) is 0 Å². The lowest BCUT2D eigenvalue weighted by atomic mass is 9.97. The van der Waals surface area contributed by atoms with Crippen LogP contribution in [-0.4, -0.2) is 10.1 Å². The van der Waals surface area contributed by atoms with Crippen molar-refractivity contribution in [2.24, 2.45) is 5.92 Å². The molecule has 3 unspecified atom stereocenters. The van der Waals surface area contributed by atoms with Gasteiger partial charge in [-0.15, -0.1) is 0 Å². The predicted octanol–water partition coefficient (Wildman–Crippen LogP) is 4.07. The van der Waals surface area contributed by atoms with E-state index in [4.69, 9.17) is 0 Å². The van der Waals surface area contributed by atoms with Crippen LogP contribution in [0.15, 0.2) is 67.0 Å². The maximum absolute atomic E-state index is 10.8. The Kier molecular flexibility index (Phi) is 2.97. The molecule has 1 aliphatic carbocycles. The first-order valence-corrected chi connectivity index (χ1v) is 7.40. The number of hydrogen-bond acceptors (Lipinski definition) is 2. The van der Waals surface area contributed by atoms with Crippen LogP contribution >= 0.6 is 0 Å². The number of rotatable bonds is 3. The van der Waals surface area contributed by atoms with E-state index >= 15 is 0 Å². The first kappa shape index (κ1) is 12.5. The van der Waals surface area contributed by atoms with E-state index in [1.54, 1.807) is 6.20 Å². The lowest BCUT2D eigenvalue weighted by Crippen LogP contribution is -2.02. The molecule has 21 heavy (non-hydrogen) atoms. The number of aliphatic hydroxyl groups is 1. The van der Waals surface area contributed by atoms with Crippen LogP contribution in [0, 0.1) is 5.92 Å². The maximum atomic E-state index is 10.8. The van der Waals surface area contributed by atoms with Crippen molar-refractivity contribution in [2.75, 3.05) is 0 Å². The van der Waals surface area contributed by atoms with Gasteiger partial charge in [-0.1, -0.05) is 48.5 Å². The Labute approximate surface area is 124 Å². The standard InChI is InChI=1S/C19H17NO/c21-19(18-11-17(18)13-5-2-1-3-6-13)16-8-4-7-14-12-20-10-9-15(14)16/h1-10,12,17-19,21H,11H2. The Morgan fingerprint density at radius 3 is 2.71 bits per heavy atom. The molecule has 1 aliphatic rings. The number of aliphatic hydroxyl groups excluding tert-OH is 1. The van der Waals surface area contributed by atoms with Gasteiger partial charge in [0.25, 0.3) is 0 Å². The van der Waals surface area contributed by atoms with Gasteiger partial charge in [0.15, 0.2) is 0 Å². The largest absolute Gasteiger partial charge is 0.388 e. The fraction of sp³-hybridized carbons (Fsp3) is 0.211. The second-order valence-electron chi connectivity index (χ2n) is 5.81. The Balaban J connectivity index is 1.65. The highest BCUT2D eigenvalue weighted by Crippen LogP contribution is 2.54. The summed E-state index contributed by atoms with van der Waals surface area (Å²) in [4.78, 5) is 4.15. The van der Waals surface area contributed by atoms with Gasteiger partial charge in [-0.2, -0.15) is 0 Å². The van der Waals surface area contributed by atoms with Gasteiger partial charge in [-0.25, -0.2) is 0 Å². The average Bonchev–Trinajstić information content (AvgIpc) is 3.35. The summed E-state index contributed by atoms with van der Waals surface area (Å²) >= 11 is 0. The lowest BCUT2D eigenvalue weighted by Gasteiger charge is -2.13. The molecule has 0 saturated heterocycles. The summed E-state index contributed by atoms with van der Waals surface area (Å²) in [6.07, 6.45) is 4.31. The molecule has 0 radical (unpaired) electrons. The zero-order chi connectivity index (χ0) is 14.2. The van der Waals surface area contributed by atoms with Crippen molar-refractivity contribution in [3.63, 3.8) is 0 Å². The van der Waals surface area contributed by atoms with Crippen LogP contribution < -0.4 is 0 Å². The SMILES string of the molecule is OC(c1cccc2cnccc12)C1CC1c1ccccc1. The van der Waals surface area contributed by atoms with E-state index in [2.05, 4.69) is 29.2 Å². The first-order valence-electron chi connectivity index (χ1n) is 7.40. The van der Waals surface area contributed by atoms with Crippen molar-refractivity contribution in [3.8, 4) is 0 Å². The maximum Gasteiger partial charge on any atom is 0.0830 e. The van der Waals surface area contributed by atoms with Crippen LogP contribution in [0.25, 0.3) is 10.8 Å². The van der Waals surface area contributed by atoms with E-state index in [0.29, 0.717) is 11.8 Å². The molecular formula is C19H17NO. The molecule has 2 aromatic carbocycles. The molecule has 1 aromatic heterocycles. The highest BCUT2D eigenvalue weighted by Gasteiger charge is 2.44. The van der Waals surface area contributed by atoms with Crippen LogP contribution in [0.4, 0.5) is 0 Å². The molecular weight excluding hydrogens is 258 g/mol. The zero-order valence-electron chi connectivity index (χ0n) is 11.7. The van der Waals surface area contributed by atoms with Gasteiger partial charge < -0.3 is 5.11 Å². The Morgan fingerprint density at radius 1 is 1.00 bits per heavy atom. The fourth-order valence-corrected chi connectivity index (χ4v) is 3.28. The molecule has 1 saturated carbocycles. The molecule has 1 N–H and O–H groups in total. The number of nitrogens with zero attached hydrogens (tertiary/aromatic N) is 1. The molecule has 1 fully saturated rings. The second-order valence-corrected chi connectivity index (χ2v) is 5.81. The monoisotopic (exact) mass is 275 g/mol. The van der Waals surface area contributed by atoms with Crippen molar-refractivity contribution in [3.05, 3.63) is 78.1 Å². The van der Waals surface area contributed by atoms with E-state index in [1.807, 2.05) is 36.5 Å². The Morgan fingerprint density at radius 2 is 1.86 bits per heavy atom. The van der Waals surface area contributed by atoms with Gasteiger partial charge in [0.1, 0.15) is 0 Å². The van der Waals surface area contributed by atoms with Crippen molar-refractivity contribution >= 4 is 10.8 Å². The highest BCUT2D eigenvalue weighted by molar-refractivity contribution is 5.85. The minimum Gasteiger partial charge on any atom is -0.388 e. The fourth-order valence-electron chi connectivity index (χ4n) is 3.28. The third kappa shape index (κ3) is 2.22. The van der Waals surface area contributed by atoms with Crippen LogP contribution in [-0.2, 0) is 0 Å². The third-order valence-electron chi connectivity index (χ3n) is 4.51. The topological polar surface area (TPSA) is 33.1 Å². The molecule has 1 heterocycles. The molecule has 2 heteroatoms. The van der Waals surface area contributed by atoms with Crippen molar-refractivity contribution in [1.82, 2.24) is 4.98 Å². The first-order chi connectivity index (χ1) is 10.3. The van der Waals surface area contributed by atoms with Gasteiger partial charge in [-0.3, -0.25) is 4.98 Å². The summed E-state index contributed by atoms with van der Waals surface area (Å²) in [5.41, 5.74) is 2.36. The summed E-state index contributed by atoms with van der Waals surface area (Å²) in [6.45, 7) is 0. The summed E-state index contributed by atoms with van der Waals surface area (Å²) in [7, 11) is 0. The van der Waals surface area contributed by atoms with Gasteiger partial charge in [0.05, 0.1) is 6.10 Å². The summed E-state index contributed by atoms with van der Waals surface area (Å²) in [6, 6.07) is 18.6. The molecule has 0 bridgehead atoms. The van der Waals surface area contributed by atoms with Gasteiger partial charge >= 0.3 is 0 Å². The molecule has 3 aromatic rings. The van der Waals surface area contributed by atoms with Crippen molar-refractivity contribution in [2.45, 2.75) is 18.4 Å². The molecule has 4 rings (SSSR count). The third-order valence-corrected chi connectivity index (χ3v) is 4.51. The van der Waals surface area contributed by atoms with E-state index in [9.17, 15) is 5.11 Å². The normalized spacial score (nSPS) is 22.1. The van der Waals surface area contributed by atoms with E-state index in [0.717, 1.165) is 22.8 Å². The molecule has 104 valence electrons. The average molecular weight is 275 g/mol. The predicted molar refractivity (Wildman–Crippen MR) is 84.0 cm³/mol. The van der Waals surface area contributed by atoms with E-state index in [-0.39, 0.29) is 0 Å². The van der Waals surface area contributed by atoms with E-state index in [1.165, 1.54) is 5.56 Å². The van der Waals surface area contributed by atoms with Gasteiger partial charge in [0, 0.05) is 17.8 Å². The summed E-state index contributed by atoms with van der Waals surface area (Å²) in [5, 5.41) is 13.0. The number of pyridine rings is 1. The number of aromatic nitrogens is 1. The quantitative estimate of drug-likeness (QED) is 0.781. The Hall–Kier alpha value is -2.19. The van der Waals surface area contributed by atoms with Crippen LogP contribution in [0.2, 0.25) is 0 Å². The highest BCUT2D eigenvalue weighted by atomic mass is 16.3. The van der Waals surface area contributed by atoms with Crippen molar-refractivity contribution in [1.29, 1.82) is 0 Å². The van der Waals surface area contributed by atoms with Crippen molar-refractivity contribution < 1.29 is 5.11 Å². The summed E-state index contributed by atoms with van der Waals surface area (Å²) < 4.78 is 0. The minimum atomic E-state index is -0.402. The zero-order valence-corrected chi connectivity index (χ0v) is 11.7. The van der Waals surface area contributed by atoms with Crippen LogP contribution in [0.5, 0.6) is 0 Å². The van der Waals surface area contributed by atoms with Crippen LogP contribution in [0.1, 0.15) is 29.6 Å². The molecule has 0 amide bonds. The Bertz CT molecular complexity index is 763. The van der Waals surface area contributed by atoms with E-state index < -0.39 is 6.10 Å². The molecule has 0 aliphatic heterocycles. The lowest BCUT2D eigenvalue weighted by molar-refractivity contribution is 0.153.